The third-order valence-corrected chi connectivity index (χ3v) is 5.78. The molecule has 31 heavy (non-hydrogen) atoms. The lowest BCUT2D eigenvalue weighted by Crippen LogP contribution is -2.40. The van der Waals surface area contributed by atoms with Crippen molar-refractivity contribution >= 4 is 17.5 Å². The lowest BCUT2D eigenvalue weighted by molar-refractivity contribution is 0.00582. The number of carbonyl (C=O) groups excluding carboxylic acids is 1. The van der Waals surface area contributed by atoms with Crippen molar-refractivity contribution in [3.05, 3.63) is 59.7 Å². The summed E-state index contributed by atoms with van der Waals surface area (Å²) in [7, 11) is 1.98. The number of hydrogen-bond acceptors (Lipinski definition) is 6. The summed E-state index contributed by atoms with van der Waals surface area (Å²) in [5, 5.41) is 4.26. The molecule has 4 rings (SSSR count). The van der Waals surface area contributed by atoms with Crippen LogP contribution in [0.5, 0.6) is 0 Å². The van der Waals surface area contributed by atoms with E-state index in [1.54, 1.807) is 4.90 Å². The molecule has 0 unspecified atom stereocenters. The van der Waals surface area contributed by atoms with E-state index in [1.807, 2.05) is 25.2 Å². The number of likely N-dealkylation sites (N-methyl/N-ethyl adjacent to an activating group) is 1. The standard InChI is InChI=1S/C22H27F2N5O2/c1-26-7-8-27(9-10-28(26)14-16-5-3-2-4-6-16)21-19(23)11-17(12-20(21)24)29-15-18(13-25)31-22(29)30/h2-6,11-12,18H,7-10,13-15,25H2,1H3/t18-/m0/s1. The number of benzene rings is 2. The highest BCUT2D eigenvalue weighted by Gasteiger charge is 2.33. The molecule has 2 saturated heterocycles. The van der Waals surface area contributed by atoms with E-state index in [1.165, 1.54) is 22.6 Å². The smallest absolute Gasteiger partial charge is 0.414 e. The quantitative estimate of drug-likeness (QED) is 0.785. The first kappa shape index (κ1) is 21.5. The summed E-state index contributed by atoms with van der Waals surface area (Å²) in [6, 6.07) is 12.5. The molecule has 2 aromatic rings. The number of ether oxygens (including phenoxy) is 1. The average Bonchev–Trinajstić information content (AvgIpc) is 3.05. The van der Waals surface area contributed by atoms with Crippen LogP contribution in [0.1, 0.15) is 5.56 Å². The molecule has 1 amide bonds. The average molecular weight is 431 g/mol. The summed E-state index contributed by atoms with van der Waals surface area (Å²) in [6.07, 6.45) is -1.12. The Kier molecular flexibility index (Phi) is 6.35. The van der Waals surface area contributed by atoms with Crippen LogP contribution in [0.2, 0.25) is 0 Å². The van der Waals surface area contributed by atoms with Gasteiger partial charge in [0.05, 0.1) is 12.2 Å². The van der Waals surface area contributed by atoms with Gasteiger partial charge in [0.15, 0.2) is 11.6 Å². The Hall–Kier alpha value is -2.75. The number of rotatable bonds is 5. The first-order valence-electron chi connectivity index (χ1n) is 10.4. The lowest BCUT2D eigenvalue weighted by atomic mass is 10.2. The maximum absolute atomic E-state index is 15.0. The molecule has 0 bridgehead atoms. The summed E-state index contributed by atoms with van der Waals surface area (Å²) < 4.78 is 35.1. The first-order chi connectivity index (χ1) is 15.0. The summed E-state index contributed by atoms with van der Waals surface area (Å²) in [5.74, 6) is -1.39. The zero-order chi connectivity index (χ0) is 22.0. The molecule has 0 aliphatic carbocycles. The van der Waals surface area contributed by atoms with Crippen molar-refractivity contribution < 1.29 is 18.3 Å². The van der Waals surface area contributed by atoms with Crippen LogP contribution >= 0.6 is 0 Å². The van der Waals surface area contributed by atoms with Crippen LogP contribution in [-0.4, -0.2) is 68.5 Å². The van der Waals surface area contributed by atoms with Gasteiger partial charge in [-0.05, 0) is 5.56 Å². The Bertz CT molecular complexity index is 906. The number of hydrogen-bond donors (Lipinski definition) is 1. The summed E-state index contributed by atoms with van der Waals surface area (Å²) in [6.45, 7) is 3.28. The summed E-state index contributed by atoms with van der Waals surface area (Å²) in [4.78, 5) is 14.9. The molecule has 2 fully saturated rings. The van der Waals surface area contributed by atoms with Gasteiger partial charge < -0.3 is 15.4 Å². The Morgan fingerprint density at radius 3 is 2.39 bits per heavy atom. The van der Waals surface area contributed by atoms with Crippen LogP contribution in [0.25, 0.3) is 0 Å². The minimum absolute atomic E-state index is 0.0679. The van der Waals surface area contributed by atoms with E-state index < -0.39 is 23.8 Å². The predicted octanol–water partition coefficient (Wildman–Crippen LogP) is 2.42. The van der Waals surface area contributed by atoms with Crippen LogP contribution in [0, 0.1) is 11.6 Å². The minimum atomic E-state index is -0.696. The molecular formula is C22H27F2N5O2. The molecule has 2 aromatic carbocycles. The van der Waals surface area contributed by atoms with Crippen molar-refractivity contribution in [1.82, 2.24) is 10.0 Å². The van der Waals surface area contributed by atoms with E-state index in [4.69, 9.17) is 10.5 Å². The highest BCUT2D eigenvalue weighted by Crippen LogP contribution is 2.31. The van der Waals surface area contributed by atoms with Gasteiger partial charge in [0, 0.05) is 58.4 Å². The molecule has 2 heterocycles. The number of cyclic esters (lactones) is 1. The maximum atomic E-state index is 15.0. The Balaban J connectivity index is 1.50. The SMILES string of the molecule is CN1CCN(c2c(F)cc(N3C[C@H](CN)OC3=O)cc2F)CCN1Cc1ccccc1. The van der Waals surface area contributed by atoms with E-state index >= 15 is 8.78 Å². The zero-order valence-corrected chi connectivity index (χ0v) is 17.5. The molecular weight excluding hydrogens is 404 g/mol. The van der Waals surface area contributed by atoms with Crippen molar-refractivity contribution in [3.8, 4) is 0 Å². The topological polar surface area (TPSA) is 65.3 Å². The number of nitrogens with two attached hydrogens (primary N) is 1. The summed E-state index contributed by atoms with van der Waals surface area (Å²) in [5.41, 5.74) is 6.78. The third kappa shape index (κ3) is 4.63. The normalized spacial score (nSPS) is 20.8. The van der Waals surface area contributed by atoms with Gasteiger partial charge in [-0.3, -0.25) is 4.90 Å². The Morgan fingerprint density at radius 1 is 1.06 bits per heavy atom. The molecule has 0 spiro atoms. The van der Waals surface area contributed by atoms with E-state index in [9.17, 15) is 4.79 Å². The number of anilines is 2. The fourth-order valence-corrected chi connectivity index (χ4v) is 4.01. The second-order valence-electron chi connectivity index (χ2n) is 7.85. The summed E-state index contributed by atoms with van der Waals surface area (Å²) >= 11 is 0. The highest BCUT2D eigenvalue weighted by molar-refractivity contribution is 5.90. The minimum Gasteiger partial charge on any atom is -0.443 e. The van der Waals surface area contributed by atoms with E-state index in [0.29, 0.717) is 26.2 Å². The van der Waals surface area contributed by atoms with Crippen LogP contribution in [-0.2, 0) is 11.3 Å². The molecule has 2 N–H and O–H groups in total. The molecule has 2 aliphatic rings. The Labute approximate surface area is 180 Å². The molecule has 0 saturated carbocycles. The molecule has 2 aliphatic heterocycles. The van der Waals surface area contributed by atoms with Gasteiger partial charge in [-0.25, -0.2) is 23.6 Å². The van der Waals surface area contributed by atoms with Gasteiger partial charge in [0.1, 0.15) is 11.8 Å². The number of hydrazine groups is 1. The number of nitrogens with zero attached hydrogens (tertiary/aromatic N) is 4. The molecule has 0 aromatic heterocycles. The lowest BCUT2D eigenvalue weighted by Gasteiger charge is -2.29. The monoisotopic (exact) mass is 431 g/mol. The molecule has 0 radical (unpaired) electrons. The van der Waals surface area contributed by atoms with Gasteiger partial charge in [-0.1, -0.05) is 30.3 Å². The van der Waals surface area contributed by atoms with Gasteiger partial charge in [0.25, 0.3) is 0 Å². The van der Waals surface area contributed by atoms with Gasteiger partial charge in [-0.2, -0.15) is 0 Å². The number of carbonyl (C=O) groups is 1. The van der Waals surface area contributed by atoms with Crippen LogP contribution in [0.15, 0.2) is 42.5 Å². The molecule has 9 heteroatoms. The van der Waals surface area contributed by atoms with Crippen molar-refractivity contribution in [2.24, 2.45) is 5.73 Å². The van der Waals surface area contributed by atoms with Gasteiger partial charge in [0.2, 0.25) is 0 Å². The maximum Gasteiger partial charge on any atom is 0.414 e. The van der Waals surface area contributed by atoms with Crippen LogP contribution < -0.4 is 15.5 Å². The van der Waals surface area contributed by atoms with Crippen molar-refractivity contribution in [3.63, 3.8) is 0 Å². The van der Waals surface area contributed by atoms with E-state index in [2.05, 4.69) is 22.2 Å². The van der Waals surface area contributed by atoms with Crippen molar-refractivity contribution in [1.29, 1.82) is 0 Å². The predicted molar refractivity (Wildman–Crippen MR) is 115 cm³/mol. The van der Waals surface area contributed by atoms with Gasteiger partial charge in [-0.15, -0.1) is 0 Å². The van der Waals surface area contributed by atoms with E-state index in [0.717, 1.165) is 6.54 Å². The van der Waals surface area contributed by atoms with Crippen molar-refractivity contribution in [2.45, 2.75) is 12.6 Å². The number of halogens is 2. The molecule has 1 atom stereocenters. The molecule has 7 nitrogen and oxygen atoms in total. The van der Waals surface area contributed by atoms with Gasteiger partial charge >= 0.3 is 6.09 Å². The zero-order valence-electron chi connectivity index (χ0n) is 17.5. The fourth-order valence-electron chi connectivity index (χ4n) is 4.01. The third-order valence-electron chi connectivity index (χ3n) is 5.78. The van der Waals surface area contributed by atoms with E-state index in [-0.39, 0.29) is 24.5 Å². The molecule has 166 valence electrons. The highest BCUT2D eigenvalue weighted by atomic mass is 19.1. The Morgan fingerprint density at radius 2 is 1.74 bits per heavy atom. The van der Waals surface area contributed by atoms with Crippen molar-refractivity contribution in [2.75, 3.05) is 56.1 Å². The van der Waals surface area contributed by atoms with Crippen LogP contribution in [0.3, 0.4) is 0 Å². The second kappa shape index (κ2) is 9.17. The number of amides is 1. The fraction of sp³-hybridized carbons (Fsp3) is 0.409. The van der Waals surface area contributed by atoms with Crippen LogP contribution in [0.4, 0.5) is 25.0 Å². The second-order valence-corrected chi connectivity index (χ2v) is 7.85. The first-order valence-corrected chi connectivity index (χ1v) is 10.4. The largest absolute Gasteiger partial charge is 0.443 e.